The Balaban J connectivity index is 0.000000640. The van der Waals surface area contributed by atoms with Gasteiger partial charge in [-0.05, 0) is 30.9 Å². The first-order chi connectivity index (χ1) is 13.4. The van der Waals surface area contributed by atoms with Gasteiger partial charge in [-0.15, -0.1) is 0 Å². The van der Waals surface area contributed by atoms with E-state index in [2.05, 4.69) is 92.9 Å². The molecule has 2 aromatic rings. The van der Waals surface area contributed by atoms with Gasteiger partial charge in [0.05, 0.1) is 6.04 Å². The topological polar surface area (TPSA) is 32.5 Å². The van der Waals surface area contributed by atoms with Gasteiger partial charge in [0, 0.05) is 39.3 Å². The van der Waals surface area contributed by atoms with Crippen LogP contribution in [0.5, 0.6) is 0 Å². The Morgan fingerprint density at radius 1 is 0.750 bits per heavy atom. The lowest BCUT2D eigenvalue weighted by molar-refractivity contribution is 0.111. The van der Waals surface area contributed by atoms with Crippen molar-refractivity contribution in [3.8, 4) is 0 Å². The monoisotopic (exact) mass is 381 g/mol. The molecule has 0 bridgehead atoms. The van der Waals surface area contributed by atoms with Gasteiger partial charge in [-0.3, -0.25) is 9.80 Å². The maximum Gasteiger partial charge on any atom is 0.0602 e. The molecule has 0 amide bonds. The summed E-state index contributed by atoms with van der Waals surface area (Å²) in [5.74, 6) is 0.833. The number of aryl methyl sites for hydroxylation is 2. The summed E-state index contributed by atoms with van der Waals surface area (Å²) >= 11 is 0. The van der Waals surface area contributed by atoms with Gasteiger partial charge in [-0.25, -0.2) is 0 Å². The van der Waals surface area contributed by atoms with Crippen molar-refractivity contribution in [2.24, 2.45) is 11.7 Å². The molecule has 28 heavy (non-hydrogen) atoms. The average Bonchev–Trinajstić information content (AvgIpc) is 2.66. The standard InChI is InChI=1S/C21H29N3.C4H10/c1-17-3-7-19(8-4-17)21(20-9-5-18(2)6-10-20)24-15-13-23(12-11-22)14-16-24;1-4(2)3/h3-10,21H,11-16,22H2,1-2H3;4H,1-3H3. The Morgan fingerprint density at radius 2 is 1.14 bits per heavy atom. The molecule has 0 unspecified atom stereocenters. The number of rotatable bonds is 5. The molecule has 154 valence electrons. The van der Waals surface area contributed by atoms with Crippen LogP contribution in [0.25, 0.3) is 0 Å². The van der Waals surface area contributed by atoms with E-state index in [1.807, 2.05) is 0 Å². The van der Waals surface area contributed by atoms with Gasteiger partial charge in [0.25, 0.3) is 0 Å². The third-order valence-electron chi connectivity index (χ3n) is 5.00. The van der Waals surface area contributed by atoms with Crippen molar-refractivity contribution >= 4 is 0 Å². The quantitative estimate of drug-likeness (QED) is 0.819. The molecular formula is C25H39N3. The maximum atomic E-state index is 5.71. The summed E-state index contributed by atoms with van der Waals surface area (Å²) in [6.45, 7) is 16.9. The first kappa shape index (κ1) is 22.6. The van der Waals surface area contributed by atoms with Crippen molar-refractivity contribution in [1.29, 1.82) is 0 Å². The molecule has 1 heterocycles. The minimum absolute atomic E-state index is 0.339. The summed E-state index contributed by atoms with van der Waals surface area (Å²) in [4.78, 5) is 5.08. The van der Waals surface area contributed by atoms with Crippen LogP contribution in [-0.4, -0.2) is 49.1 Å². The molecule has 0 aliphatic carbocycles. The summed E-state index contributed by atoms with van der Waals surface area (Å²) in [5, 5.41) is 0. The first-order valence-electron chi connectivity index (χ1n) is 10.7. The third kappa shape index (κ3) is 7.05. The molecule has 0 radical (unpaired) electrons. The van der Waals surface area contributed by atoms with Crippen molar-refractivity contribution in [2.45, 2.75) is 40.7 Å². The Morgan fingerprint density at radius 3 is 1.50 bits per heavy atom. The van der Waals surface area contributed by atoms with E-state index < -0.39 is 0 Å². The molecule has 1 aliphatic heterocycles. The fourth-order valence-corrected chi connectivity index (χ4v) is 3.54. The SMILES string of the molecule is CC(C)C.Cc1ccc(C(c2ccc(C)cc2)N2CCN(CCN)CC2)cc1. The van der Waals surface area contributed by atoms with Gasteiger partial charge in [0.2, 0.25) is 0 Å². The van der Waals surface area contributed by atoms with Crippen molar-refractivity contribution in [2.75, 3.05) is 39.3 Å². The van der Waals surface area contributed by atoms with Gasteiger partial charge >= 0.3 is 0 Å². The summed E-state index contributed by atoms with van der Waals surface area (Å²) in [7, 11) is 0. The van der Waals surface area contributed by atoms with Crippen LogP contribution in [0.15, 0.2) is 48.5 Å². The molecular weight excluding hydrogens is 342 g/mol. The summed E-state index contributed by atoms with van der Waals surface area (Å²) in [6.07, 6.45) is 0. The Labute approximate surface area is 172 Å². The van der Waals surface area contributed by atoms with Crippen LogP contribution >= 0.6 is 0 Å². The number of hydrogen-bond donors (Lipinski definition) is 1. The van der Waals surface area contributed by atoms with Crippen LogP contribution in [0.1, 0.15) is 49.1 Å². The lowest BCUT2D eigenvalue weighted by atomic mass is 9.95. The number of nitrogens with two attached hydrogens (primary N) is 1. The Bertz CT molecular complexity index is 620. The zero-order valence-corrected chi connectivity index (χ0v) is 18.5. The largest absolute Gasteiger partial charge is 0.329 e. The van der Waals surface area contributed by atoms with Gasteiger partial charge < -0.3 is 5.73 Å². The Hall–Kier alpha value is -1.68. The van der Waals surface area contributed by atoms with E-state index in [1.165, 1.54) is 22.3 Å². The second kappa shape index (κ2) is 11.4. The lowest BCUT2D eigenvalue weighted by Gasteiger charge is -2.39. The second-order valence-corrected chi connectivity index (χ2v) is 8.62. The average molecular weight is 382 g/mol. The van der Waals surface area contributed by atoms with Crippen LogP contribution in [0.4, 0.5) is 0 Å². The lowest BCUT2D eigenvalue weighted by Crippen LogP contribution is -2.49. The predicted octanol–water partition coefficient (Wildman–Crippen LogP) is 4.63. The minimum atomic E-state index is 0.339. The van der Waals surface area contributed by atoms with E-state index in [1.54, 1.807) is 0 Å². The van der Waals surface area contributed by atoms with Crippen LogP contribution in [0, 0.1) is 19.8 Å². The van der Waals surface area contributed by atoms with Crippen molar-refractivity contribution in [3.05, 3.63) is 70.8 Å². The first-order valence-corrected chi connectivity index (χ1v) is 10.7. The number of hydrogen-bond acceptors (Lipinski definition) is 3. The van der Waals surface area contributed by atoms with E-state index in [0.29, 0.717) is 6.04 Å². The van der Waals surface area contributed by atoms with Gasteiger partial charge in [0.15, 0.2) is 0 Å². The molecule has 3 heteroatoms. The number of benzene rings is 2. The molecule has 2 aromatic carbocycles. The summed E-state index contributed by atoms with van der Waals surface area (Å²) in [6, 6.07) is 18.4. The van der Waals surface area contributed by atoms with Crippen LogP contribution in [-0.2, 0) is 0 Å². The van der Waals surface area contributed by atoms with Crippen LogP contribution in [0.2, 0.25) is 0 Å². The van der Waals surface area contributed by atoms with E-state index in [4.69, 9.17) is 5.73 Å². The molecule has 2 N–H and O–H groups in total. The minimum Gasteiger partial charge on any atom is -0.329 e. The van der Waals surface area contributed by atoms with Crippen molar-refractivity contribution in [1.82, 2.24) is 9.80 Å². The second-order valence-electron chi connectivity index (χ2n) is 8.62. The molecule has 0 spiro atoms. The van der Waals surface area contributed by atoms with Gasteiger partial charge in [-0.1, -0.05) is 80.4 Å². The third-order valence-corrected chi connectivity index (χ3v) is 5.00. The van der Waals surface area contributed by atoms with Crippen LogP contribution < -0.4 is 5.73 Å². The molecule has 1 saturated heterocycles. The molecule has 0 atom stereocenters. The maximum absolute atomic E-state index is 5.71. The van der Waals surface area contributed by atoms with E-state index in [0.717, 1.165) is 45.2 Å². The molecule has 1 aliphatic rings. The molecule has 1 fully saturated rings. The highest BCUT2D eigenvalue weighted by Crippen LogP contribution is 2.30. The zero-order chi connectivity index (χ0) is 20.5. The molecule has 3 nitrogen and oxygen atoms in total. The summed E-state index contributed by atoms with van der Waals surface area (Å²) in [5.41, 5.74) is 11.1. The van der Waals surface area contributed by atoms with Crippen molar-refractivity contribution < 1.29 is 0 Å². The fourth-order valence-electron chi connectivity index (χ4n) is 3.54. The highest BCUT2D eigenvalue weighted by atomic mass is 15.3. The number of nitrogens with zero attached hydrogens (tertiary/aromatic N) is 2. The predicted molar refractivity (Wildman–Crippen MR) is 122 cm³/mol. The van der Waals surface area contributed by atoms with Gasteiger partial charge in [0.1, 0.15) is 0 Å². The van der Waals surface area contributed by atoms with Gasteiger partial charge in [-0.2, -0.15) is 0 Å². The number of piperazine rings is 1. The van der Waals surface area contributed by atoms with Crippen molar-refractivity contribution in [3.63, 3.8) is 0 Å². The van der Waals surface area contributed by atoms with E-state index in [-0.39, 0.29) is 0 Å². The zero-order valence-electron chi connectivity index (χ0n) is 18.5. The van der Waals surface area contributed by atoms with Crippen LogP contribution in [0.3, 0.4) is 0 Å². The summed E-state index contributed by atoms with van der Waals surface area (Å²) < 4.78 is 0. The van der Waals surface area contributed by atoms with E-state index >= 15 is 0 Å². The Kier molecular flexibility index (Phi) is 9.17. The fraction of sp³-hybridized carbons (Fsp3) is 0.520. The van der Waals surface area contributed by atoms with E-state index in [9.17, 15) is 0 Å². The molecule has 3 rings (SSSR count). The molecule has 0 saturated carbocycles. The normalized spacial score (nSPS) is 15.6. The molecule has 0 aromatic heterocycles. The highest BCUT2D eigenvalue weighted by molar-refractivity contribution is 5.35. The highest BCUT2D eigenvalue weighted by Gasteiger charge is 2.26. The smallest absolute Gasteiger partial charge is 0.0602 e.